The van der Waals surface area contributed by atoms with Crippen molar-refractivity contribution in [3.63, 3.8) is 0 Å². The molecule has 146 valence electrons. The molecule has 2 aromatic rings. The summed E-state index contributed by atoms with van der Waals surface area (Å²) in [5.74, 6) is -0.183. The Morgan fingerprint density at radius 1 is 1.15 bits per heavy atom. The summed E-state index contributed by atoms with van der Waals surface area (Å²) in [7, 11) is 3.22. The summed E-state index contributed by atoms with van der Waals surface area (Å²) < 4.78 is 38.9. The number of anilines is 4. The van der Waals surface area contributed by atoms with Crippen LogP contribution in [0.2, 0.25) is 0 Å². The lowest BCUT2D eigenvalue weighted by atomic mass is 10.0. The van der Waals surface area contributed by atoms with Crippen molar-refractivity contribution in [1.29, 1.82) is 0 Å². The van der Waals surface area contributed by atoms with Gasteiger partial charge in [-0.2, -0.15) is 18.2 Å². The van der Waals surface area contributed by atoms with Crippen LogP contribution in [0.25, 0.3) is 6.08 Å². The number of hydrogen-bond donors (Lipinski definition) is 3. The van der Waals surface area contributed by atoms with Crippen LogP contribution >= 0.6 is 0 Å². The van der Waals surface area contributed by atoms with Crippen molar-refractivity contribution >= 4 is 29.2 Å². The lowest BCUT2D eigenvalue weighted by Gasteiger charge is -2.16. The molecule has 0 fully saturated rings. The highest BCUT2D eigenvalue weighted by atomic mass is 19.4. The van der Waals surface area contributed by atoms with Crippen molar-refractivity contribution in [2.45, 2.75) is 32.9 Å². The van der Waals surface area contributed by atoms with Crippen molar-refractivity contribution in [1.82, 2.24) is 9.97 Å². The van der Waals surface area contributed by atoms with Crippen LogP contribution in [0.5, 0.6) is 0 Å². The number of nitrogens with zero attached hydrogens (tertiary/aromatic N) is 2. The molecule has 0 spiro atoms. The Morgan fingerprint density at radius 2 is 1.89 bits per heavy atom. The number of allylic oxidation sites excluding steroid dienone is 1. The first-order chi connectivity index (χ1) is 12.8. The Hall–Kier alpha value is -2.77. The molecular formula is C19H24F3N5. The van der Waals surface area contributed by atoms with Crippen LogP contribution in [0.15, 0.2) is 24.4 Å². The molecule has 2 rings (SSSR count). The number of halogens is 3. The van der Waals surface area contributed by atoms with Crippen LogP contribution in [0.1, 0.15) is 36.5 Å². The average Bonchev–Trinajstić information content (AvgIpc) is 2.63. The van der Waals surface area contributed by atoms with E-state index >= 15 is 0 Å². The molecule has 1 aromatic heterocycles. The van der Waals surface area contributed by atoms with Crippen molar-refractivity contribution in [3.05, 3.63) is 41.1 Å². The van der Waals surface area contributed by atoms with Gasteiger partial charge in [-0.25, -0.2) is 4.98 Å². The quantitative estimate of drug-likeness (QED) is 0.598. The normalized spacial score (nSPS) is 11.7. The highest BCUT2D eigenvalue weighted by Crippen LogP contribution is 2.34. The Labute approximate surface area is 157 Å². The third-order valence-electron chi connectivity index (χ3n) is 4.08. The highest BCUT2D eigenvalue weighted by Gasteiger charge is 2.35. The van der Waals surface area contributed by atoms with Crippen molar-refractivity contribution in [2.75, 3.05) is 30.0 Å². The van der Waals surface area contributed by atoms with E-state index in [1.165, 1.54) is 7.05 Å². The van der Waals surface area contributed by atoms with E-state index < -0.39 is 11.7 Å². The van der Waals surface area contributed by atoms with Crippen LogP contribution < -0.4 is 16.0 Å². The van der Waals surface area contributed by atoms with Gasteiger partial charge < -0.3 is 16.0 Å². The first-order valence-corrected chi connectivity index (χ1v) is 8.68. The van der Waals surface area contributed by atoms with Crippen LogP contribution in [0.4, 0.5) is 36.3 Å². The summed E-state index contributed by atoms with van der Waals surface area (Å²) in [5.41, 5.74) is 2.71. The summed E-state index contributed by atoms with van der Waals surface area (Å²) in [4.78, 5) is 7.76. The summed E-state index contributed by atoms with van der Waals surface area (Å²) in [6.45, 7) is 4.04. The molecule has 0 aliphatic carbocycles. The average molecular weight is 379 g/mol. The second kappa shape index (κ2) is 8.75. The van der Waals surface area contributed by atoms with E-state index in [4.69, 9.17) is 0 Å². The zero-order valence-electron chi connectivity index (χ0n) is 15.8. The number of alkyl halides is 3. The fraction of sp³-hybridized carbons (Fsp3) is 0.368. The molecule has 0 amide bonds. The first kappa shape index (κ1) is 20.5. The second-order valence-corrected chi connectivity index (χ2v) is 5.97. The van der Waals surface area contributed by atoms with Crippen LogP contribution in [-0.4, -0.2) is 24.1 Å². The molecule has 0 saturated heterocycles. The van der Waals surface area contributed by atoms with Gasteiger partial charge in [0.15, 0.2) is 0 Å². The van der Waals surface area contributed by atoms with Gasteiger partial charge in [-0.05, 0) is 30.5 Å². The van der Waals surface area contributed by atoms with Crippen molar-refractivity contribution < 1.29 is 13.2 Å². The highest BCUT2D eigenvalue weighted by molar-refractivity contribution is 5.77. The Balaban J connectivity index is 2.35. The maximum atomic E-state index is 13.0. The van der Waals surface area contributed by atoms with E-state index in [0.717, 1.165) is 35.9 Å². The SMILES string of the molecule is CCC/C=C\c1ccc(Nc2ncc(C(F)(F)F)c(NC)n2)c(C)c1NC. The molecule has 1 heterocycles. The first-order valence-electron chi connectivity index (χ1n) is 8.68. The molecule has 0 radical (unpaired) electrons. The van der Waals surface area contributed by atoms with Crippen LogP contribution in [-0.2, 0) is 6.18 Å². The molecule has 0 atom stereocenters. The molecule has 0 aliphatic rings. The monoisotopic (exact) mass is 379 g/mol. The lowest BCUT2D eigenvalue weighted by Crippen LogP contribution is -2.12. The van der Waals surface area contributed by atoms with E-state index in [0.29, 0.717) is 5.69 Å². The molecule has 0 unspecified atom stereocenters. The Bertz CT molecular complexity index is 816. The second-order valence-electron chi connectivity index (χ2n) is 5.97. The van der Waals surface area contributed by atoms with Crippen molar-refractivity contribution in [2.24, 2.45) is 0 Å². The molecule has 27 heavy (non-hydrogen) atoms. The van der Waals surface area contributed by atoms with Gasteiger partial charge in [0.25, 0.3) is 0 Å². The summed E-state index contributed by atoms with van der Waals surface area (Å²) >= 11 is 0. The Kier molecular flexibility index (Phi) is 6.65. The zero-order valence-corrected chi connectivity index (χ0v) is 15.8. The smallest absolute Gasteiger partial charge is 0.387 e. The van der Waals surface area contributed by atoms with Gasteiger partial charge in [0.2, 0.25) is 5.95 Å². The largest absolute Gasteiger partial charge is 0.421 e. The fourth-order valence-corrected chi connectivity index (χ4v) is 2.68. The number of aromatic nitrogens is 2. The predicted octanol–water partition coefficient (Wildman–Crippen LogP) is 5.44. The van der Waals surface area contributed by atoms with Crippen LogP contribution in [0.3, 0.4) is 0 Å². The van der Waals surface area contributed by atoms with E-state index in [2.05, 4.69) is 45.0 Å². The summed E-state index contributed by atoms with van der Waals surface area (Å²) in [5, 5.41) is 8.65. The molecule has 0 aliphatic heterocycles. The molecular weight excluding hydrogens is 355 g/mol. The Morgan fingerprint density at radius 3 is 2.48 bits per heavy atom. The topological polar surface area (TPSA) is 61.9 Å². The van der Waals surface area contributed by atoms with E-state index in [9.17, 15) is 13.2 Å². The van der Waals surface area contributed by atoms with E-state index in [-0.39, 0.29) is 11.8 Å². The van der Waals surface area contributed by atoms with Gasteiger partial charge in [0.05, 0.1) is 0 Å². The zero-order chi connectivity index (χ0) is 20.0. The molecule has 1 aromatic carbocycles. The van der Waals surface area contributed by atoms with E-state index in [1.807, 2.05) is 26.1 Å². The minimum Gasteiger partial charge on any atom is -0.387 e. The molecule has 3 N–H and O–H groups in total. The number of rotatable bonds is 7. The van der Waals surface area contributed by atoms with Gasteiger partial charge >= 0.3 is 6.18 Å². The maximum Gasteiger partial charge on any atom is 0.421 e. The molecule has 5 nitrogen and oxygen atoms in total. The lowest BCUT2D eigenvalue weighted by molar-refractivity contribution is -0.137. The summed E-state index contributed by atoms with van der Waals surface area (Å²) in [6.07, 6.45) is 2.49. The van der Waals surface area contributed by atoms with Gasteiger partial charge in [0, 0.05) is 31.7 Å². The van der Waals surface area contributed by atoms with E-state index in [1.54, 1.807) is 0 Å². The predicted molar refractivity (Wildman–Crippen MR) is 105 cm³/mol. The van der Waals surface area contributed by atoms with Gasteiger partial charge in [0.1, 0.15) is 11.4 Å². The number of unbranched alkanes of at least 4 members (excludes halogenated alkanes) is 1. The maximum absolute atomic E-state index is 13.0. The van der Waals surface area contributed by atoms with Gasteiger partial charge in [-0.3, -0.25) is 0 Å². The number of hydrogen-bond acceptors (Lipinski definition) is 5. The fourth-order valence-electron chi connectivity index (χ4n) is 2.68. The number of nitrogens with one attached hydrogen (secondary N) is 3. The third-order valence-corrected chi connectivity index (χ3v) is 4.08. The third kappa shape index (κ3) is 4.90. The van der Waals surface area contributed by atoms with Gasteiger partial charge in [-0.1, -0.05) is 31.6 Å². The molecule has 8 heteroatoms. The standard InChI is InChI=1S/C19H24F3N5/c1-5-6-7-8-13-9-10-15(12(2)16(13)23-3)26-18-25-11-14(19(20,21)22)17(24-4)27-18/h7-11,23H,5-6H2,1-4H3,(H2,24,25,26,27)/b8-7-. The molecule has 0 saturated carbocycles. The minimum atomic E-state index is -4.52. The van der Waals surface area contributed by atoms with Crippen molar-refractivity contribution in [3.8, 4) is 0 Å². The number of benzene rings is 1. The molecule has 0 bridgehead atoms. The van der Waals surface area contributed by atoms with Crippen LogP contribution in [0, 0.1) is 6.92 Å². The van der Waals surface area contributed by atoms with Gasteiger partial charge in [-0.15, -0.1) is 0 Å². The minimum absolute atomic E-state index is 0.0896. The summed E-state index contributed by atoms with van der Waals surface area (Å²) in [6, 6.07) is 3.80.